The molecule has 4 heteroatoms. The number of benzene rings is 1. The molecule has 0 atom stereocenters. The highest BCUT2D eigenvalue weighted by atomic mass is 15.0. The molecule has 0 fully saturated rings. The van der Waals surface area contributed by atoms with E-state index in [1.807, 2.05) is 66.4 Å². The van der Waals surface area contributed by atoms with Crippen molar-refractivity contribution in [1.29, 1.82) is 10.5 Å². The highest BCUT2D eigenvalue weighted by Gasteiger charge is 2.04. The van der Waals surface area contributed by atoms with Crippen LogP contribution < -0.4 is 5.32 Å². The molecule has 2 aromatic rings. The number of hydrogen-bond donors (Lipinski definition) is 1. The van der Waals surface area contributed by atoms with Crippen LogP contribution in [0.15, 0.2) is 54.5 Å². The normalized spacial score (nSPS) is 9.21. The first-order valence-corrected chi connectivity index (χ1v) is 5.76. The van der Waals surface area contributed by atoms with Crippen molar-refractivity contribution in [1.82, 2.24) is 4.57 Å². The van der Waals surface area contributed by atoms with Crippen LogP contribution in [-0.2, 0) is 0 Å². The predicted octanol–water partition coefficient (Wildman–Crippen LogP) is 3.13. The Labute approximate surface area is 111 Å². The average molecular weight is 248 g/mol. The zero-order valence-electron chi connectivity index (χ0n) is 10.5. The van der Waals surface area contributed by atoms with E-state index < -0.39 is 0 Å². The van der Waals surface area contributed by atoms with E-state index in [1.165, 1.54) is 6.20 Å². The molecule has 1 N–H and O–H groups in total. The van der Waals surface area contributed by atoms with E-state index in [1.54, 1.807) is 0 Å². The first kappa shape index (κ1) is 12.5. The molecule has 0 radical (unpaired) electrons. The largest absolute Gasteiger partial charge is 0.360 e. The molecular weight excluding hydrogens is 236 g/mol. The first-order valence-electron chi connectivity index (χ1n) is 5.76. The van der Waals surface area contributed by atoms with Crippen LogP contribution in [0.5, 0.6) is 0 Å². The van der Waals surface area contributed by atoms with Crippen molar-refractivity contribution in [2.45, 2.75) is 6.92 Å². The third kappa shape index (κ3) is 2.65. The fourth-order valence-corrected chi connectivity index (χ4v) is 1.79. The van der Waals surface area contributed by atoms with Gasteiger partial charge in [0.2, 0.25) is 0 Å². The van der Waals surface area contributed by atoms with Crippen LogP contribution in [0.4, 0.5) is 5.69 Å². The van der Waals surface area contributed by atoms with E-state index in [0.29, 0.717) is 0 Å². The molecule has 0 unspecified atom stereocenters. The maximum Gasteiger partial charge on any atom is 0.145 e. The summed E-state index contributed by atoms with van der Waals surface area (Å²) in [5, 5.41) is 20.4. The number of allylic oxidation sites excluding steroid dienone is 1. The van der Waals surface area contributed by atoms with Gasteiger partial charge in [0.25, 0.3) is 0 Å². The highest BCUT2D eigenvalue weighted by Crippen LogP contribution is 2.22. The summed E-state index contributed by atoms with van der Waals surface area (Å²) in [5.74, 6) is 0. The SMILES string of the molecule is Cc1c(NC=C(C#N)C#N)cccc1-n1cccc1. The molecule has 0 saturated heterocycles. The Balaban J connectivity index is 2.35. The van der Waals surface area contributed by atoms with Crippen LogP contribution >= 0.6 is 0 Å². The molecule has 4 nitrogen and oxygen atoms in total. The van der Waals surface area contributed by atoms with Crippen molar-refractivity contribution in [3.05, 3.63) is 60.1 Å². The second-order valence-corrected chi connectivity index (χ2v) is 3.97. The van der Waals surface area contributed by atoms with Crippen LogP contribution in [0, 0.1) is 29.6 Å². The molecule has 0 amide bonds. The Bertz CT molecular complexity index is 666. The number of aromatic nitrogens is 1. The van der Waals surface area contributed by atoms with E-state index in [0.717, 1.165) is 16.9 Å². The van der Waals surface area contributed by atoms with Gasteiger partial charge in [0.15, 0.2) is 0 Å². The summed E-state index contributed by atoms with van der Waals surface area (Å²) < 4.78 is 2.01. The van der Waals surface area contributed by atoms with Gasteiger partial charge in [-0.25, -0.2) is 0 Å². The van der Waals surface area contributed by atoms with Crippen molar-refractivity contribution in [2.24, 2.45) is 0 Å². The van der Waals surface area contributed by atoms with Gasteiger partial charge >= 0.3 is 0 Å². The number of nitrogens with zero attached hydrogens (tertiary/aromatic N) is 3. The number of rotatable bonds is 3. The van der Waals surface area contributed by atoms with Crippen LogP contribution in [0.25, 0.3) is 5.69 Å². The predicted molar refractivity (Wildman–Crippen MR) is 73.4 cm³/mol. The maximum atomic E-state index is 8.69. The van der Waals surface area contributed by atoms with Gasteiger partial charge in [-0.3, -0.25) is 0 Å². The third-order valence-corrected chi connectivity index (χ3v) is 2.80. The Morgan fingerprint density at radius 3 is 2.47 bits per heavy atom. The number of nitriles is 2. The molecule has 0 aliphatic carbocycles. The zero-order valence-corrected chi connectivity index (χ0v) is 10.5. The Hall–Kier alpha value is -2.98. The second-order valence-electron chi connectivity index (χ2n) is 3.97. The van der Waals surface area contributed by atoms with E-state index in [4.69, 9.17) is 10.5 Å². The fourth-order valence-electron chi connectivity index (χ4n) is 1.79. The standard InChI is InChI=1S/C15H12N4/c1-12-14(18-11-13(9-16)10-17)5-4-6-15(12)19-7-2-3-8-19/h2-8,11,18H,1H3. The molecule has 0 saturated carbocycles. The van der Waals surface area contributed by atoms with Crippen LogP contribution in [0.3, 0.4) is 0 Å². The van der Waals surface area contributed by atoms with Crippen molar-refractivity contribution in [3.63, 3.8) is 0 Å². The summed E-state index contributed by atoms with van der Waals surface area (Å²) in [6.45, 7) is 1.99. The van der Waals surface area contributed by atoms with Crippen molar-refractivity contribution >= 4 is 5.69 Å². The molecule has 1 aromatic carbocycles. The summed E-state index contributed by atoms with van der Waals surface area (Å²) >= 11 is 0. The summed E-state index contributed by atoms with van der Waals surface area (Å²) in [4.78, 5) is 0. The van der Waals surface area contributed by atoms with E-state index >= 15 is 0 Å². The second kappa shape index (κ2) is 5.57. The van der Waals surface area contributed by atoms with E-state index in [2.05, 4.69) is 5.32 Å². The van der Waals surface area contributed by atoms with Gasteiger partial charge < -0.3 is 9.88 Å². The highest BCUT2D eigenvalue weighted by molar-refractivity contribution is 5.61. The van der Waals surface area contributed by atoms with E-state index in [-0.39, 0.29) is 5.57 Å². The Morgan fingerprint density at radius 1 is 1.16 bits per heavy atom. The maximum absolute atomic E-state index is 8.69. The lowest BCUT2D eigenvalue weighted by Gasteiger charge is -2.12. The molecule has 0 bridgehead atoms. The molecular formula is C15H12N4. The van der Waals surface area contributed by atoms with Crippen LogP contribution in [0.2, 0.25) is 0 Å². The molecule has 1 aromatic heterocycles. The molecule has 0 aliphatic heterocycles. The zero-order chi connectivity index (χ0) is 13.7. The molecule has 92 valence electrons. The van der Waals surface area contributed by atoms with Gasteiger partial charge in [-0.15, -0.1) is 0 Å². The molecule has 19 heavy (non-hydrogen) atoms. The average Bonchev–Trinajstić information content (AvgIpc) is 2.95. The fraction of sp³-hybridized carbons (Fsp3) is 0.0667. The topological polar surface area (TPSA) is 64.5 Å². The molecule has 0 aliphatic rings. The molecule has 0 spiro atoms. The summed E-state index contributed by atoms with van der Waals surface area (Å²) in [6, 6.07) is 13.4. The lowest BCUT2D eigenvalue weighted by molar-refractivity contribution is 1.06. The summed E-state index contributed by atoms with van der Waals surface area (Å²) in [7, 11) is 0. The summed E-state index contributed by atoms with van der Waals surface area (Å²) in [5.41, 5.74) is 3.02. The Kier molecular flexibility index (Phi) is 3.66. The van der Waals surface area contributed by atoms with Gasteiger partial charge in [0.05, 0.1) is 0 Å². The number of hydrogen-bond acceptors (Lipinski definition) is 3. The van der Waals surface area contributed by atoms with E-state index in [9.17, 15) is 0 Å². The van der Waals surface area contributed by atoms with Crippen molar-refractivity contribution in [2.75, 3.05) is 5.32 Å². The van der Waals surface area contributed by atoms with Gasteiger partial charge in [0.1, 0.15) is 17.7 Å². The van der Waals surface area contributed by atoms with Gasteiger partial charge in [-0.2, -0.15) is 10.5 Å². The van der Waals surface area contributed by atoms with Crippen LogP contribution in [-0.4, -0.2) is 4.57 Å². The minimum absolute atomic E-state index is 0.0470. The lowest BCUT2D eigenvalue weighted by Crippen LogP contribution is -1.98. The van der Waals surface area contributed by atoms with Gasteiger partial charge in [-0.1, -0.05) is 6.07 Å². The summed E-state index contributed by atoms with van der Waals surface area (Å²) in [6.07, 6.45) is 5.36. The number of nitrogens with one attached hydrogen (secondary N) is 1. The first-order chi connectivity index (χ1) is 9.26. The third-order valence-electron chi connectivity index (χ3n) is 2.80. The smallest absolute Gasteiger partial charge is 0.145 e. The van der Waals surface area contributed by atoms with Crippen molar-refractivity contribution < 1.29 is 0 Å². The molecule has 2 rings (SSSR count). The monoisotopic (exact) mass is 248 g/mol. The lowest BCUT2D eigenvalue weighted by atomic mass is 10.1. The van der Waals surface area contributed by atoms with Gasteiger partial charge in [-0.05, 0) is 36.8 Å². The van der Waals surface area contributed by atoms with Crippen LogP contribution in [0.1, 0.15) is 5.56 Å². The van der Waals surface area contributed by atoms with Crippen molar-refractivity contribution in [3.8, 4) is 17.8 Å². The quantitative estimate of drug-likeness (QED) is 0.849. The van der Waals surface area contributed by atoms with Gasteiger partial charge in [0, 0.05) is 30.0 Å². The minimum atomic E-state index is 0.0470. The Morgan fingerprint density at radius 2 is 1.84 bits per heavy atom. The minimum Gasteiger partial charge on any atom is -0.360 e. The molecule has 1 heterocycles. The number of anilines is 1.